The quantitative estimate of drug-likeness (QED) is 0.715. The van der Waals surface area contributed by atoms with Crippen LogP contribution in [0, 0.1) is 0 Å². The lowest BCUT2D eigenvalue weighted by molar-refractivity contribution is -0.134. The van der Waals surface area contributed by atoms with Gasteiger partial charge in [0.25, 0.3) is 0 Å². The average molecular weight is 264 g/mol. The summed E-state index contributed by atoms with van der Waals surface area (Å²) in [6.07, 6.45) is 9.58. The second kappa shape index (κ2) is 8.51. The van der Waals surface area contributed by atoms with E-state index in [4.69, 9.17) is 0 Å². The van der Waals surface area contributed by atoms with E-state index in [2.05, 4.69) is 18.0 Å². The summed E-state index contributed by atoms with van der Waals surface area (Å²) in [5.41, 5.74) is 1.42. The molecule has 0 atom stereocenters. The fraction of sp³-hybridized carbons (Fsp3) is 0.600. The van der Waals surface area contributed by atoms with Crippen LogP contribution in [0.1, 0.15) is 39.0 Å². The number of nitrogens with zero attached hydrogens (tertiary/aromatic N) is 1. The van der Waals surface area contributed by atoms with Gasteiger partial charge in [-0.25, -0.2) is 0 Å². The summed E-state index contributed by atoms with van der Waals surface area (Å²) in [6, 6.07) is 0. The van der Waals surface area contributed by atoms with E-state index >= 15 is 0 Å². The molecule has 1 aliphatic rings. The molecule has 0 unspecified atom stereocenters. The first kappa shape index (κ1) is 15.5. The first-order valence-corrected chi connectivity index (χ1v) is 6.94. The fourth-order valence-corrected chi connectivity index (χ4v) is 2.17. The van der Waals surface area contributed by atoms with Crippen molar-refractivity contribution in [1.82, 2.24) is 10.2 Å². The van der Waals surface area contributed by atoms with Gasteiger partial charge in [-0.15, -0.1) is 6.58 Å². The van der Waals surface area contributed by atoms with Gasteiger partial charge in [0.2, 0.25) is 11.8 Å². The molecule has 4 nitrogen and oxygen atoms in total. The van der Waals surface area contributed by atoms with Crippen LogP contribution in [0.5, 0.6) is 0 Å². The Morgan fingerprint density at radius 3 is 2.84 bits per heavy atom. The van der Waals surface area contributed by atoms with Crippen molar-refractivity contribution in [3.63, 3.8) is 0 Å². The molecule has 1 aliphatic carbocycles. The Hall–Kier alpha value is -1.58. The van der Waals surface area contributed by atoms with Gasteiger partial charge in [-0.05, 0) is 32.1 Å². The highest BCUT2D eigenvalue weighted by molar-refractivity contribution is 5.83. The Morgan fingerprint density at radius 2 is 2.26 bits per heavy atom. The number of hydrogen-bond acceptors (Lipinski definition) is 2. The first-order valence-electron chi connectivity index (χ1n) is 6.94. The Morgan fingerprint density at radius 1 is 1.47 bits per heavy atom. The largest absolute Gasteiger partial charge is 0.351 e. The van der Waals surface area contributed by atoms with Gasteiger partial charge in [0.05, 0.1) is 6.54 Å². The highest BCUT2D eigenvalue weighted by Gasteiger charge is 2.14. The first-order chi connectivity index (χ1) is 9.13. The van der Waals surface area contributed by atoms with Gasteiger partial charge in [-0.1, -0.05) is 17.7 Å². The predicted molar refractivity (Wildman–Crippen MR) is 76.6 cm³/mol. The van der Waals surface area contributed by atoms with Crippen LogP contribution in [0.3, 0.4) is 0 Å². The summed E-state index contributed by atoms with van der Waals surface area (Å²) in [5.74, 6) is -0.183. The third-order valence-electron chi connectivity index (χ3n) is 3.31. The van der Waals surface area contributed by atoms with Gasteiger partial charge in [0.15, 0.2) is 0 Å². The Bertz CT molecular complexity index is 361. The van der Waals surface area contributed by atoms with E-state index in [-0.39, 0.29) is 18.4 Å². The second-order valence-corrected chi connectivity index (χ2v) is 4.89. The van der Waals surface area contributed by atoms with Crippen molar-refractivity contribution < 1.29 is 9.59 Å². The summed E-state index contributed by atoms with van der Waals surface area (Å²) in [4.78, 5) is 24.7. The van der Waals surface area contributed by atoms with Crippen LogP contribution >= 0.6 is 0 Å². The van der Waals surface area contributed by atoms with Crippen molar-refractivity contribution in [2.24, 2.45) is 0 Å². The molecule has 0 aromatic carbocycles. The number of carbonyl (C=O) groups excluding carboxylic acids is 2. The van der Waals surface area contributed by atoms with E-state index in [1.54, 1.807) is 11.0 Å². The number of amides is 2. The van der Waals surface area contributed by atoms with Crippen molar-refractivity contribution in [3.8, 4) is 0 Å². The third-order valence-corrected chi connectivity index (χ3v) is 3.31. The molecule has 106 valence electrons. The molecule has 0 saturated carbocycles. The van der Waals surface area contributed by atoms with E-state index in [1.165, 1.54) is 25.3 Å². The van der Waals surface area contributed by atoms with Crippen LogP contribution in [0.15, 0.2) is 24.3 Å². The van der Waals surface area contributed by atoms with Crippen molar-refractivity contribution in [2.75, 3.05) is 19.6 Å². The number of allylic oxidation sites excluding steroid dienone is 1. The summed E-state index contributed by atoms with van der Waals surface area (Å²) in [5, 5.41) is 2.69. The van der Waals surface area contributed by atoms with E-state index < -0.39 is 0 Å². The molecule has 1 N–H and O–H groups in total. The molecule has 19 heavy (non-hydrogen) atoms. The average Bonchev–Trinajstić information content (AvgIpc) is 2.42. The molecular formula is C15H24N2O2. The van der Waals surface area contributed by atoms with E-state index in [0.29, 0.717) is 13.1 Å². The Kier molecular flexibility index (Phi) is 6.93. The molecule has 0 aromatic rings. The lowest BCUT2D eigenvalue weighted by Gasteiger charge is -2.22. The fourth-order valence-electron chi connectivity index (χ4n) is 2.17. The third kappa shape index (κ3) is 6.22. The van der Waals surface area contributed by atoms with Gasteiger partial charge in [0.1, 0.15) is 0 Å². The normalized spacial score (nSPS) is 14.5. The maximum absolute atomic E-state index is 11.6. The van der Waals surface area contributed by atoms with Crippen molar-refractivity contribution in [2.45, 2.75) is 39.0 Å². The minimum atomic E-state index is -0.132. The van der Waals surface area contributed by atoms with Crippen molar-refractivity contribution in [1.29, 1.82) is 0 Å². The molecule has 4 heteroatoms. The van der Waals surface area contributed by atoms with Crippen LogP contribution in [-0.2, 0) is 9.59 Å². The number of carbonyl (C=O) groups is 2. The highest BCUT2D eigenvalue weighted by atomic mass is 16.2. The zero-order valence-corrected chi connectivity index (χ0v) is 11.8. The summed E-state index contributed by atoms with van der Waals surface area (Å²) < 4.78 is 0. The highest BCUT2D eigenvalue weighted by Crippen LogP contribution is 2.20. The molecule has 0 bridgehead atoms. The van der Waals surface area contributed by atoms with E-state index in [1.807, 2.05) is 0 Å². The van der Waals surface area contributed by atoms with Gasteiger partial charge in [0, 0.05) is 20.0 Å². The molecule has 0 aliphatic heterocycles. The molecule has 0 aromatic heterocycles. The minimum absolute atomic E-state index is 0.0508. The van der Waals surface area contributed by atoms with Gasteiger partial charge in [-0.2, -0.15) is 0 Å². The van der Waals surface area contributed by atoms with Crippen LogP contribution in [-0.4, -0.2) is 36.3 Å². The number of nitrogens with one attached hydrogen (secondary N) is 1. The van der Waals surface area contributed by atoms with Crippen LogP contribution in [0.25, 0.3) is 0 Å². The molecule has 1 rings (SSSR count). The van der Waals surface area contributed by atoms with Crippen molar-refractivity contribution >= 4 is 11.8 Å². The smallest absolute Gasteiger partial charge is 0.239 e. The summed E-state index contributed by atoms with van der Waals surface area (Å²) >= 11 is 0. The Labute approximate surface area is 115 Å². The van der Waals surface area contributed by atoms with Crippen LogP contribution < -0.4 is 5.32 Å². The predicted octanol–water partition coefficient (Wildman–Crippen LogP) is 2.03. The molecular weight excluding hydrogens is 240 g/mol. The maximum atomic E-state index is 11.6. The zero-order valence-electron chi connectivity index (χ0n) is 11.8. The molecule has 0 spiro atoms. The van der Waals surface area contributed by atoms with Gasteiger partial charge < -0.3 is 10.2 Å². The lowest BCUT2D eigenvalue weighted by atomic mass is 9.97. The van der Waals surface area contributed by atoms with Crippen LogP contribution in [0.4, 0.5) is 0 Å². The van der Waals surface area contributed by atoms with Crippen LogP contribution in [0.2, 0.25) is 0 Å². The summed E-state index contributed by atoms with van der Waals surface area (Å²) in [6.45, 7) is 6.25. The monoisotopic (exact) mass is 264 g/mol. The minimum Gasteiger partial charge on any atom is -0.351 e. The van der Waals surface area contributed by atoms with E-state index in [0.717, 1.165) is 19.3 Å². The zero-order chi connectivity index (χ0) is 14.1. The SMILES string of the molecule is C=CCNC(=O)CN(CCC1=CCCCC1)C(C)=O. The van der Waals surface area contributed by atoms with Crippen molar-refractivity contribution in [3.05, 3.63) is 24.3 Å². The Balaban J connectivity index is 2.39. The number of hydrogen-bond donors (Lipinski definition) is 1. The standard InChI is InChI=1S/C15H24N2O2/c1-3-10-16-15(19)12-17(13(2)18)11-9-14-7-5-4-6-8-14/h3,7H,1,4-6,8-12H2,2H3,(H,16,19). The molecule has 2 amide bonds. The lowest BCUT2D eigenvalue weighted by Crippen LogP contribution is -2.40. The van der Waals surface area contributed by atoms with Gasteiger partial charge >= 0.3 is 0 Å². The topological polar surface area (TPSA) is 49.4 Å². The van der Waals surface area contributed by atoms with E-state index in [9.17, 15) is 9.59 Å². The van der Waals surface area contributed by atoms with Gasteiger partial charge in [-0.3, -0.25) is 9.59 Å². The molecule has 0 heterocycles. The molecule has 0 saturated heterocycles. The number of rotatable bonds is 7. The maximum Gasteiger partial charge on any atom is 0.239 e. The second-order valence-electron chi connectivity index (χ2n) is 4.89. The summed E-state index contributed by atoms with van der Waals surface area (Å²) in [7, 11) is 0. The molecule has 0 fully saturated rings. The molecule has 0 radical (unpaired) electrons.